The van der Waals surface area contributed by atoms with Gasteiger partial charge >= 0.3 is 0 Å². The summed E-state index contributed by atoms with van der Waals surface area (Å²) in [6, 6.07) is 4.30. The van der Waals surface area contributed by atoms with E-state index >= 15 is 0 Å². The first-order valence-electron chi connectivity index (χ1n) is 7.15. The smallest absolute Gasteiger partial charge is 0.148 e. The number of aryl methyl sites for hydroxylation is 1. The van der Waals surface area contributed by atoms with Crippen LogP contribution in [-0.4, -0.2) is 35.5 Å². The van der Waals surface area contributed by atoms with Crippen LogP contribution in [-0.2, 0) is 4.74 Å². The molecule has 5 heteroatoms. The fourth-order valence-electron chi connectivity index (χ4n) is 2.29. The van der Waals surface area contributed by atoms with Crippen molar-refractivity contribution in [2.75, 3.05) is 18.5 Å². The van der Waals surface area contributed by atoms with Gasteiger partial charge in [-0.2, -0.15) is 5.10 Å². The van der Waals surface area contributed by atoms with Crippen molar-refractivity contribution in [3.63, 3.8) is 0 Å². The summed E-state index contributed by atoms with van der Waals surface area (Å²) in [5.74, 6) is 0.828. The Labute approximate surface area is 114 Å². The Hall–Kier alpha value is -1.20. The number of nitrogens with one attached hydrogen (secondary N) is 1. The molecule has 19 heavy (non-hydrogen) atoms. The van der Waals surface area contributed by atoms with Crippen LogP contribution in [0, 0.1) is 6.92 Å². The van der Waals surface area contributed by atoms with Crippen molar-refractivity contribution in [1.82, 2.24) is 10.2 Å². The highest BCUT2D eigenvalue weighted by atomic mass is 16.5. The Morgan fingerprint density at radius 3 is 2.74 bits per heavy atom. The van der Waals surface area contributed by atoms with Crippen LogP contribution in [0.4, 0.5) is 5.82 Å². The number of nitrogens with zero attached hydrogens (tertiary/aromatic N) is 2. The van der Waals surface area contributed by atoms with Crippen LogP contribution in [0.5, 0.6) is 0 Å². The molecular formula is C14H24N4O. The molecule has 1 aromatic rings. The highest BCUT2D eigenvalue weighted by Gasteiger charge is 2.18. The van der Waals surface area contributed by atoms with Crippen LogP contribution < -0.4 is 11.1 Å². The van der Waals surface area contributed by atoms with Crippen LogP contribution in [0.2, 0.25) is 0 Å². The molecule has 1 saturated carbocycles. The van der Waals surface area contributed by atoms with Gasteiger partial charge in [-0.15, -0.1) is 5.10 Å². The second-order valence-corrected chi connectivity index (χ2v) is 5.25. The van der Waals surface area contributed by atoms with Crippen LogP contribution in [0.1, 0.15) is 37.8 Å². The van der Waals surface area contributed by atoms with E-state index in [1.165, 1.54) is 0 Å². The maximum atomic E-state index is 5.87. The maximum Gasteiger partial charge on any atom is 0.148 e. The van der Waals surface area contributed by atoms with Gasteiger partial charge in [0.25, 0.3) is 0 Å². The summed E-state index contributed by atoms with van der Waals surface area (Å²) in [5.41, 5.74) is 6.80. The summed E-state index contributed by atoms with van der Waals surface area (Å²) in [7, 11) is 0. The lowest BCUT2D eigenvalue weighted by Gasteiger charge is -2.26. The third-order valence-electron chi connectivity index (χ3n) is 3.50. The molecule has 0 atom stereocenters. The quantitative estimate of drug-likeness (QED) is 0.767. The lowest BCUT2D eigenvalue weighted by atomic mass is 9.94. The van der Waals surface area contributed by atoms with Crippen molar-refractivity contribution in [3.05, 3.63) is 17.8 Å². The number of anilines is 1. The van der Waals surface area contributed by atoms with Crippen molar-refractivity contribution in [2.45, 2.75) is 51.2 Å². The maximum absolute atomic E-state index is 5.87. The Balaban J connectivity index is 1.53. The fourth-order valence-corrected chi connectivity index (χ4v) is 2.29. The summed E-state index contributed by atoms with van der Waals surface area (Å²) in [4.78, 5) is 0. The summed E-state index contributed by atoms with van der Waals surface area (Å²) in [6.45, 7) is 3.59. The van der Waals surface area contributed by atoms with E-state index < -0.39 is 0 Å². The predicted octanol–water partition coefficient (Wildman–Crippen LogP) is 1.87. The second-order valence-electron chi connectivity index (χ2n) is 5.25. The Morgan fingerprint density at radius 2 is 2.05 bits per heavy atom. The van der Waals surface area contributed by atoms with E-state index in [-0.39, 0.29) is 0 Å². The molecule has 0 aliphatic heterocycles. The second kappa shape index (κ2) is 7.40. The third-order valence-corrected chi connectivity index (χ3v) is 3.50. The zero-order chi connectivity index (χ0) is 13.5. The Kier molecular flexibility index (Phi) is 5.54. The van der Waals surface area contributed by atoms with Crippen molar-refractivity contribution < 1.29 is 4.74 Å². The minimum absolute atomic E-state index is 0.390. The molecule has 0 bridgehead atoms. The van der Waals surface area contributed by atoms with Gasteiger partial charge in [0.1, 0.15) is 5.82 Å². The molecule has 1 aliphatic rings. The molecule has 0 radical (unpaired) electrons. The zero-order valence-electron chi connectivity index (χ0n) is 11.6. The largest absolute Gasteiger partial charge is 0.378 e. The Bertz CT molecular complexity index is 360. The molecule has 0 aromatic carbocycles. The lowest BCUT2D eigenvalue weighted by Crippen LogP contribution is -2.30. The molecule has 1 fully saturated rings. The molecule has 1 heterocycles. The molecule has 1 aliphatic carbocycles. The molecule has 2 rings (SSSR count). The molecule has 106 valence electrons. The van der Waals surface area contributed by atoms with Crippen molar-refractivity contribution >= 4 is 5.82 Å². The first kappa shape index (κ1) is 14.2. The molecule has 0 amide bonds. The molecule has 5 nitrogen and oxygen atoms in total. The summed E-state index contributed by atoms with van der Waals surface area (Å²) < 4.78 is 5.86. The van der Waals surface area contributed by atoms with Crippen molar-refractivity contribution in [1.29, 1.82) is 0 Å². The standard InChI is InChI=1S/C14H24N4O/c1-11-3-8-14(18-17-11)16-9-2-10-19-13-6-4-12(15)5-7-13/h3,8,12-13H,2,4-7,9-10,15H2,1H3,(H,16,18). The van der Waals surface area contributed by atoms with Gasteiger partial charge in [0.2, 0.25) is 0 Å². The van der Waals surface area contributed by atoms with Crippen LogP contribution >= 0.6 is 0 Å². The van der Waals surface area contributed by atoms with Crippen molar-refractivity contribution in [2.24, 2.45) is 5.73 Å². The van der Waals surface area contributed by atoms with Gasteiger partial charge < -0.3 is 15.8 Å². The highest BCUT2D eigenvalue weighted by molar-refractivity contribution is 5.32. The number of ether oxygens (including phenoxy) is 1. The fraction of sp³-hybridized carbons (Fsp3) is 0.714. The lowest BCUT2D eigenvalue weighted by molar-refractivity contribution is 0.0251. The normalized spacial score (nSPS) is 23.3. The van der Waals surface area contributed by atoms with Crippen LogP contribution in [0.3, 0.4) is 0 Å². The topological polar surface area (TPSA) is 73.1 Å². The predicted molar refractivity (Wildman–Crippen MR) is 76.1 cm³/mol. The van der Waals surface area contributed by atoms with E-state index in [4.69, 9.17) is 10.5 Å². The summed E-state index contributed by atoms with van der Waals surface area (Å²) in [6.07, 6.45) is 5.82. The average Bonchev–Trinajstić information content (AvgIpc) is 2.43. The number of rotatable bonds is 6. The van der Waals surface area contributed by atoms with Gasteiger partial charge in [0.15, 0.2) is 0 Å². The van der Waals surface area contributed by atoms with E-state index in [0.29, 0.717) is 12.1 Å². The van der Waals surface area contributed by atoms with Gasteiger partial charge in [-0.1, -0.05) is 0 Å². The van der Waals surface area contributed by atoms with E-state index in [0.717, 1.165) is 56.8 Å². The molecular weight excluding hydrogens is 240 g/mol. The molecule has 3 N–H and O–H groups in total. The van der Waals surface area contributed by atoms with Crippen LogP contribution in [0.15, 0.2) is 12.1 Å². The summed E-state index contributed by atoms with van der Waals surface area (Å²) >= 11 is 0. The first-order chi connectivity index (χ1) is 9.24. The monoisotopic (exact) mass is 264 g/mol. The Morgan fingerprint density at radius 1 is 1.26 bits per heavy atom. The average molecular weight is 264 g/mol. The minimum Gasteiger partial charge on any atom is -0.378 e. The van der Waals surface area contributed by atoms with Gasteiger partial charge in [-0.25, -0.2) is 0 Å². The van der Waals surface area contributed by atoms with Gasteiger partial charge in [-0.05, 0) is 51.2 Å². The number of hydrogen-bond donors (Lipinski definition) is 2. The first-order valence-corrected chi connectivity index (χ1v) is 7.15. The van der Waals surface area contributed by atoms with Gasteiger partial charge in [0.05, 0.1) is 11.8 Å². The molecule has 1 aromatic heterocycles. The molecule has 0 unspecified atom stereocenters. The summed E-state index contributed by atoms with van der Waals surface area (Å²) in [5, 5.41) is 11.3. The highest BCUT2D eigenvalue weighted by Crippen LogP contribution is 2.19. The molecule has 0 saturated heterocycles. The third kappa shape index (κ3) is 5.12. The SMILES string of the molecule is Cc1ccc(NCCCOC2CCC(N)CC2)nn1. The van der Waals surface area contributed by atoms with E-state index in [2.05, 4.69) is 15.5 Å². The van der Waals surface area contributed by atoms with Crippen molar-refractivity contribution in [3.8, 4) is 0 Å². The van der Waals surface area contributed by atoms with Gasteiger partial charge in [0, 0.05) is 19.2 Å². The number of nitrogens with two attached hydrogens (primary N) is 1. The van der Waals surface area contributed by atoms with E-state index in [1.807, 2.05) is 19.1 Å². The van der Waals surface area contributed by atoms with E-state index in [9.17, 15) is 0 Å². The van der Waals surface area contributed by atoms with E-state index in [1.54, 1.807) is 0 Å². The number of hydrogen-bond acceptors (Lipinski definition) is 5. The number of aromatic nitrogens is 2. The van der Waals surface area contributed by atoms with Gasteiger partial charge in [-0.3, -0.25) is 0 Å². The zero-order valence-corrected chi connectivity index (χ0v) is 11.6. The molecule has 0 spiro atoms. The van der Waals surface area contributed by atoms with Crippen LogP contribution in [0.25, 0.3) is 0 Å². The minimum atomic E-state index is 0.390.